The van der Waals surface area contributed by atoms with Crippen LogP contribution in [0.4, 0.5) is 5.69 Å². The predicted octanol–water partition coefficient (Wildman–Crippen LogP) is 1.73. The van der Waals surface area contributed by atoms with Crippen molar-refractivity contribution in [2.45, 2.75) is 33.0 Å². The number of nitrogens with one attached hydrogen (secondary N) is 3. The Morgan fingerprint density at radius 3 is 2.55 bits per heavy atom. The molecule has 9 heteroatoms. The number of carbonyl (C=O) groups is 1. The van der Waals surface area contributed by atoms with Gasteiger partial charge in [-0.2, -0.15) is 0 Å². The average molecular weight is 419 g/mol. The quantitative estimate of drug-likeness (QED) is 0.324. The largest absolute Gasteiger partial charge is 0.384 e. The van der Waals surface area contributed by atoms with Crippen LogP contribution in [0, 0.1) is 5.41 Å². The fraction of sp³-hybridized carbons (Fsp3) is 0.227. The van der Waals surface area contributed by atoms with Gasteiger partial charge in [-0.1, -0.05) is 24.3 Å². The van der Waals surface area contributed by atoms with Crippen LogP contribution in [0.2, 0.25) is 0 Å². The molecule has 3 aromatic rings. The molecule has 1 amide bonds. The molecule has 160 valence electrons. The second kappa shape index (κ2) is 9.66. The lowest BCUT2D eigenvalue weighted by molar-refractivity contribution is -0.121. The average Bonchev–Trinajstić information content (AvgIpc) is 2.76. The first-order chi connectivity index (χ1) is 14.8. The molecule has 1 aromatic carbocycles. The number of nitrogens with two attached hydrogens (primary N) is 1. The van der Waals surface area contributed by atoms with Gasteiger partial charge in [0.1, 0.15) is 23.9 Å². The molecule has 0 aliphatic heterocycles. The number of rotatable bonds is 8. The van der Waals surface area contributed by atoms with Gasteiger partial charge in [0.2, 0.25) is 5.91 Å². The van der Waals surface area contributed by atoms with Crippen LogP contribution in [0.1, 0.15) is 25.0 Å². The van der Waals surface area contributed by atoms with Crippen LogP contribution in [-0.2, 0) is 17.9 Å². The van der Waals surface area contributed by atoms with Gasteiger partial charge in [0.25, 0.3) is 5.56 Å². The SMILES string of the molecule is CC(C)Nc1cnc(-c2cccnc2)n(CC(=O)NCc2ccc(C(=N)N)cc2)c1=O. The summed E-state index contributed by atoms with van der Waals surface area (Å²) in [5.74, 6) is 0.0278. The van der Waals surface area contributed by atoms with Gasteiger partial charge in [0.05, 0.1) is 6.20 Å². The molecule has 0 unspecified atom stereocenters. The van der Waals surface area contributed by atoms with Crippen molar-refractivity contribution in [1.82, 2.24) is 19.9 Å². The van der Waals surface area contributed by atoms with E-state index in [4.69, 9.17) is 11.1 Å². The Bertz CT molecular complexity index is 1120. The normalized spacial score (nSPS) is 10.7. The van der Waals surface area contributed by atoms with E-state index >= 15 is 0 Å². The molecule has 2 aromatic heterocycles. The standard InChI is InChI=1S/C22H25N7O2/c1-14(2)28-18-12-27-21(17-4-3-9-25-11-17)29(22(18)31)13-19(30)26-10-15-5-7-16(8-6-15)20(23)24/h3-9,11-12,14,28H,10,13H2,1-2H3,(H3,23,24)(H,26,30). The molecular formula is C22H25N7O2. The Labute approximate surface area is 179 Å². The summed E-state index contributed by atoms with van der Waals surface area (Å²) in [4.78, 5) is 34.2. The number of hydrogen-bond acceptors (Lipinski definition) is 6. The van der Waals surface area contributed by atoms with Gasteiger partial charge < -0.3 is 16.4 Å². The van der Waals surface area contributed by atoms with Gasteiger partial charge in [-0.15, -0.1) is 0 Å². The summed E-state index contributed by atoms with van der Waals surface area (Å²) < 4.78 is 1.34. The van der Waals surface area contributed by atoms with Gasteiger partial charge in [0, 0.05) is 36.1 Å². The fourth-order valence-corrected chi connectivity index (χ4v) is 2.98. The van der Waals surface area contributed by atoms with Crippen LogP contribution in [-0.4, -0.2) is 32.3 Å². The molecule has 0 bridgehead atoms. The van der Waals surface area contributed by atoms with E-state index in [1.54, 1.807) is 48.8 Å². The zero-order chi connectivity index (χ0) is 22.4. The lowest BCUT2D eigenvalue weighted by Gasteiger charge is -2.16. The molecule has 31 heavy (non-hydrogen) atoms. The third-order valence-corrected chi connectivity index (χ3v) is 4.47. The highest BCUT2D eigenvalue weighted by molar-refractivity contribution is 5.94. The van der Waals surface area contributed by atoms with Crippen LogP contribution in [0.3, 0.4) is 0 Å². The monoisotopic (exact) mass is 419 g/mol. The van der Waals surface area contributed by atoms with Crippen LogP contribution >= 0.6 is 0 Å². The number of pyridine rings is 1. The van der Waals surface area contributed by atoms with Crippen LogP contribution in [0.5, 0.6) is 0 Å². The Morgan fingerprint density at radius 1 is 1.19 bits per heavy atom. The van der Waals surface area contributed by atoms with Crippen LogP contribution in [0.15, 0.2) is 59.8 Å². The first kappa shape index (κ1) is 21.7. The number of hydrogen-bond donors (Lipinski definition) is 4. The molecule has 0 radical (unpaired) electrons. The summed E-state index contributed by atoms with van der Waals surface area (Å²) >= 11 is 0. The first-order valence-electron chi connectivity index (χ1n) is 9.82. The summed E-state index contributed by atoms with van der Waals surface area (Å²) in [6.45, 7) is 3.94. The molecule has 0 aliphatic rings. The van der Waals surface area contributed by atoms with Gasteiger partial charge in [-0.05, 0) is 31.5 Å². The maximum atomic E-state index is 13.0. The fourth-order valence-electron chi connectivity index (χ4n) is 2.98. The lowest BCUT2D eigenvalue weighted by Crippen LogP contribution is -2.34. The smallest absolute Gasteiger partial charge is 0.277 e. The Hall–Kier alpha value is -4.01. The van der Waals surface area contributed by atoms with E-state index in [0.29, 0.717) is 22.6 Å². The number of nitrogen functional groups attached to an aromatic ring is 1. The molecule has 0 spiro atoms. The number of anilines is 1. The number of amides is 1. The minimum Gasteiger partial charge on any atom is -0.384 e. The molecule has 3 rings (SSSR count). The van der Waals surface area contributed by atoms with Gasteiger partial charge in [-0.25, -0.2) is 4.98 Å². The minimum atomic E-state index is -0.330. The lowest BCUT2D eigenvalue weighted by atomic mass is 10.1. The number of amidine groups is 1. The second-order valence-corrected chi connectivity index (χ2v) is 7.31. The van der Waals surface area contributed by atoms with Gasteiger partial charge >= 0.3 is 0 Å². The summed E-state index contributed by atoms with van der Waals surface area (Å²) in [5.41, 5.74) is 7.56. The molecule has 5 N–H and O–H groups in total. The van der Waals surface area contributed by atoms with E-state index < -0.39 is 0 Å². The van der Waals surface area contributed by atoms with Gasteiger partial charge in [0.15, 0.2) is 0 Å². The second-order valence-electron chi connectivity index (χ2n) is 7.31. The maximum Gasteiger partial charge on any atom is 0.277 e. The highest BCUT2D eigenvalue weighted by Gasteiger charge is 2.16. The topological polar surface area (TPSA) is 139 Å². The Morgan fingerprint density at radius 2 is 1.94 bits per heavy atom. The molecule has 0 saturated carbocycles. The van der Waals surface area contributed by atoms with E-state index in [0.717, 1.165) is 5.56 Å². The number of nitrogens with zero attached hydrogens (tertiary/aromatic N) is 3. The van der Waals surface area contributed by atoms with E-state index in [1.807, 2.05) is 13.8 Å². The van der Waals surface area contributed by atoms with Crippen LogP contribution in [0.25, 0.3) is 11.4 Å². The van der Waals surface area contributed by atoms with Crippen molar-refractivity contribution >= 4 is 17.4 Å². The summed E-state index contributed by atoms with van der Waals surface area (Å²) in [7, 11) is 0. The maximum absolute atomic E-state index is 13.0. The van der Waals surface area contributed by atoms with Crippen molar-refractivity contribution < 1.29 is 4.79 Å². The summed E-state index contributed by atoms with van der Waals surface area (Å²) in [6, 6.07) is 10.6. The van der Waals surface area contributed by atoms with Crippen molar-refractivity contribution in [2.75, 3.05) is 5.32 Å². The molecule has 0 atom stereocenters. The van der Waals surface area contributed by atoms with E-state index in [1.165, 1.54) is 10.8 Å². The van der Waals surface area contributed by atoms with Gasteiger partial charge in [-0.3, -0.25) is 24.5 Å². The molecule has 0 saturated heterocycles. The number of carbonyl (C=O) groups excluding carboxylic acids is 1. The van der Waals surface area contributed by atoms with E-state index in [9.17, 15) is 9.59 Å². The predicted molar refractivity (Wildman–Crippen MR) is 120 cm³/mol. The van der Waals surface area contributed by atoms with Crippen molar-refractivity contribution in [3.63, 3.8) is 0 Å². The number of aromatic nitrogens is 3. The number of benzene rings is 1. The third-order valence-electron chi connectivity index (χ3n) is 4.47. The van der Waals surface area contributed by atoms with Crippen molar-refractivity contribution in [3.8, 4) is 11.4 Å². The Balaban J connectivity index is 1.81. The molecule has 0 fully saturated rings. The van der Waals surface area contributed by atoms with Crippen molar-refractivity contribution in [3.05, 3.63) is 76.5 Å². The summed E-state index contributed by atoms with van der Waals surface area (Å²) in [6.07, 6.45) is 4.71. The zero-order valence-electron chi connectivity index (χ0n) is 17.4. The highest BCUT2D eigenvalue weighted by atomic mass is 16.2. The molecule has 2 heterocycles. The first-order valence-corrected chi connectivity index (χ1v) is 9.82. The van der Waals surface area contributed by atoms with E-state index in [2.05, 4.69) is 20.6 Å². The molecular weight excluding hydrogens is 394 g/mol. The minimum absolute atomic E-state index is 0.0136. The summed E-state index contributed by atoms with van der Waals surface area (Å²) in [5, 5.41) is 13.3. The molecule has 9 nitrogen and oxygen atoms in total. The zero-order valence-corrected chi connectivity index (χ0v) is 17.4. The van der Waals surface area contributed by atoms with Crippen molar-refractivity contribution in [2.24, 2.45) is 5.73 Å². The third kappa shape index (κ3) is 5.53. The molecule has 0 aliphatic carbocycles. The highest BCUT2D eigenvalue weighted by Crippen LogP contribution is 2.15. The van der Waals surface area contributed by atoms with Crippen LogP contribution < -0.4 is 21.9 Å². The Kier molecular flexibility index (Phi) is 6.76. The van der Waals surface area contributed by atoms with E-state index in [-0.39, 0.29) is 36.4 Å². The van der Waals surface area contributed by atoms with Crippen molar-refractivity contribution in [1.29, 1.82) is 5.41 Å².